The van der Waals surface area contributed by atoms with Gasteiger partial charge in [-0.2, -0.15) is 0 Å². The average molecular weight is 336 g/mol. The predicted octanol–water partition coefficient (Wildman–Crippen LogP) is 1.51. The number of carbonyl (C=O) groups is 2. The van der Waals surface area contributed by atoms with E-state index < -0.39 is 0 Å². The first kappa shape index (κ1) is 18.4. The van der Waals surface area contributed by atoms with Crippen LogP contribution in [0.5, 0.6) is 0 Å². The molecule has 1 unspecified atom stereocenters. The third kappa shape index (κ3) is 4.35. The number of aromatic nitrogens is 2. The molecule has 0 radical (unpaired) electrons. The van der Waals surface area contributed by atoms with E-state index in [1.807, 2.05) is 18.4 Å². The topological polar surface area (TPSA) is 85.2 Å². The molecule has 7 nitrogen and oxygen atoms in total. The molecule has 0 spiro atoms. The van der Waals surface area contributed by atoms with Crippen molar-refractivity contribution in [1.29, 1.82) is 0 Å². The average Bonchev–Trinajstić information content (AvgIpc) is 2.98. The van der Waals surface area contributed by atoms with Gasteiger partial charge in [0.15, 0.2) is 5.82 Å². The van der Waals surface area contributed by atoms with Crippen molar-refractivity contribution in [3.05, 3.63) is 17.2 Å². The van der Waals surface area contributed by atoms with Gasteiger partial charge in [0.1, 0.15) is 5.69 Å². The monoisotopic (exact) mass is 336 g/mol. The number of nitrogens with one attached hydrogen (secondary N) is 2. The zero-order chi connectivity index (χ0) is 17.5. The summed E-state index contributed by atoms with van der Waals surface area (Å²) < 4.78 is 6.88. The Labute approximate surface area is 143 Å². The van der Waals surface area contributed by atoms with Crippen molar-refractivity contribution in [1.82, 2.24) is 20.2 Å². The van der Waals surface area contributed by atoms with E-state index in [1.54, 1.807) is 7.11 Å². The summed E-state index contributed by atoms with van der Waals surface area (Å²) in [6.07, 6.45) is 4.41. The van der Waals surface area contributed by atoms with Crippen molar-refractivity contribution in [3.63, 3.8) is 0 Å². The maximum absolute atomic E-state index is 12.5. The SMILES string of the molecule is CCC(C)NC(=O)c1nc(C(=O)NCCCOC)n2c1CCCC2. The van der Waals surface area contributed by atoms with E-state index in [9.17, 15) is 9.59 Å². The number of ether oxygens (including phenoxy) is 1. The maximum atomic E-state index is 12.5. The third-order valence-corrected chi connectivity index (χ3v) is 4.34. The Morgan fingerprint density at radius 2 is 2.12 bits per heavy atom. The van der Waals surface area contributed by atoms with Gasteiger partial charge in [0.2, 0.25) is 0 Å². The van der Waals surface area contributed by atoms with E-state index in [0.717, 1.165) is 44.3 Å². The second-order valence-corrected chi connectivity index (χ2v) is 6.22. The van der Waals surface area contributed by atoms with E-state index in [1.165, 1.54) is 0 Å². The molecule has 134 valence electrons. The highest BCUT2D eigenvalue weighted by molar-refractivity contribution is 5.97. The predicted molar refractivity (Wildman–Crippen MR) is 91.2 cm³/mol. The van der Waals surface area contributed by atoms with Crippen LogP contribution in [0.1, 0.15) is 66.3 Å². The Morgan fingerprint density at radius 3 is 2.83 bits per heavy atom. The molecule has 0 fully saturated rings. The minimum absolute atomic E-state index is 0.0877. The molecular formula is C17H28N4O3. The number of nitrogens with zero attached hydrogens (tertiary/aromatic N) is 2. The molecule has 2 N–H and O–H groups in total. The third-order valence-electron chi connectivity index (χ3n) is 4.34. The zero-order valence-corrected chi connectivity index (χ0v) is 14.9. The maximum Gasteiger partial charge on any atom is 0.287 e. The molecule has 1 aliphatic heterocycles. The van der Waals surface area contributed by atoms with E-state index in [4.69, 9.17) is 4.74 Å². The van der Waals surface area contributed by atoms with Crippen LogP contribution in [0.3, 0.4) is 0 Å². The van der Waals surface area contributed by atoms with Crippen LogP contribution in [0.2, 0.25) is 0 Å². The van der Waals surface area contributed by atoms with Gasteiger partial charge in [-0.25, -0.2) is 4.98 Å². The van der Waals surface area contributed by atoms with E-state index in [2.05, 4.69) is 15.6 Å². The van der Waals surface area contributed by atoms with Gasteiger partial charge in [-0.1, -0.05) is 6.92 Å². The molecular weight excluding hydrogens is 308 g/mol. The first-order chi connectivity index (χ1) is 11.6. The largest absolute Gasteiger partial charge is 0.385 e. The Bertz CT molecular complexity index is 583. The van der Waals surface area contributed by atoms with Crippen LogP contribution in [0.4, 0.5) is 0 Å². The Kier molecular flexibility index (Phi) is 6.78. The highest BCUT2D eigenvalue weighted by atomic mass is 16.5. The molecule has 7 heteroatoms. The molecule has 0 saturated carbocycles. The molecule has 1 aromatic rings. The van der Waals surface area contributed by atoms with E-state index in [-0.39, 0.29) is 17.9 Å². The lowest BCUT2D eigenvalue weighted by atomic mass is 10.1. The molecule has 1 atom stereocenters. The number of amides is 2. The molecule has 24 heavy (non-hydrogen) atoms. The fraction of sp³-hybridized carbons (Fsp3) is 0.706. The van der Waals surface area contributed by atoms with Crippen LogP contribution >= 0.6 is 0 Å². The van der Waals surface area contributed by atoms with Gasteiger partial charge >= 0.3 is 0 Å². The molecule has 0 bridgehead atoms. The first-order valence-corrected chi connectivity index (χ1v) is 8.75. The standard InChI is InChI=1S/C17H28N4O3/c1-4-12(2)19-16(22)14-13-8-5-6-10-21(13)15(20-14)17(23)18-9-7-11-24-3/h12H,4-11H2,1-3H3,(H,18,23)(H,19,22). The van der Waals surface area contributed by atoms with Gasteiger partial charge in [0.05, 0.1) is 5.69 Å². The fourth-order valence-electron chi connectivity index (χ4n) is 2.79. The summed E-state index contributed by atoms with van der Waals surface area (Å²) in [4.78, 5) is 29.3. The highest BCUT2D eigenvalue weighted by Gasteiger charge is 2.27. The zero-order valence-electron chi connectivity index (χ0n) is 14.9. The van der Waals surface area contributed by atoms with Crippen LogP contribution in [-0.2, 0) is 17.7 Å². The normalized spacial score (nSPS) is 14.8. The number of hydrogen-bond donors (Lipinski definition) is 2. The number of hydrogen-bond acceptors (Lipinski definition) is 4. The van der Waals surface area contributed by atoms with Crippen LogP contribution in [0.15, 0.2) is 0 Å². The smallest absolute Gasteiger partial charge is 0.287 e. The van der Waals surface area contributed by atoms with Crippen LogP contribution in [-0.4, -0.2) is 47.7 Å². The van der Waals surface area contributed by atoms with Crippen molar-refractivity contribution >= 4 is 11.8 Å². The van der Waals surface area contributed by atoms with Crippen molar-refractivity contribution in [3.8, 4) is 0 Å². The van der Waals surface area contributed by atoms with Gasteiger partial charge < -0.3 is 19.9 Å². The van der Waals surface area contributed by atoms with E-state index >= 15 is 0 Å². The summed E-state index contributed by atoms with van der Waals surface area (Å²) in [6.45, 7) is 5.85. The number of fused-ring (bicyclic) bond motifs is 1. The quantitative estimate of drug-likeness (QED) is 0.705. The second kappa shape index (κ2) is 8.82. The Morgan fingerprint density at radius 1 is 1.33 bits per heavy atom. The molecule has 1 aromatic heterocycles. The Hall–Kier alpha value is -1.89. The summed E-state index contributed by atoms with van der Waals surface area (Å²) in [5.74, 6) is -0.0679. The summed E-state index contributed by atoms with van der Waals surface area (Å²) in [5, 5.41) is 5.80. The molecule has 1 aliphatic rings. The van der Waals surface area contributed by atoms with Gasteiger partial charge in [-0.05, 0) is 39.0 Å². The van der Waals surface area contributed by atoms with Crippen LogP contribution < -0.4 is 10.6 Å². The van der Waals surface area contributed by atoms with E-state index in [0.29, 0.717) is 24.7 Å². The summed E-state index contributed by atoms with van der Waals surface area (Å²) in [7, 11) is 1.63. The molecule has 2 amide bonds. The lowest BCUT2D eigenvalue weighted by Gasteiger charge is -2.17. The minimum atomic E-state index is -0.225. The second-order valence-electron chi connectivity index (χ2n) is 6.22. The fourth-order valence-corrected chi connectivity index (χ4v) is 2.79. The summed E-state index contributed by atoms with van der Waals surface area (Å²) in [5.41, 5.74) is 1.28. The lowest BCUT2D eigenvalue weighted by Crippen LogP contribution is -2.33. The Balaban J connectivity index is 2.17. The van der Waals surface area contributed by atoms with Gasteiger partial charge in [-0.3, -0.25) is 9.59 Å². The van der Waals surface area contributed by atoms with Crippen molar-refractivity contribution < 1.29 is 14.3 Å². The highest BCUT2D eigenvalue weighted by Crippen LogP contribution is 2.21. The number of rotatable bonds is 8. The number of imidazole rings is 1. The van der Waals surface area contributed by atoms with Gasteiger partial charge in [0, 0.05) is 32.8 Å². The van der Waals surface area contributed by atoms with Crippen molar-refractivity contribution in [2.45, 2.75) is 58.5 Å². The molecule has 2 heterocycles. The summed E-state index contributed by atoms with van der Waals surface area (Å²) >= 11 is 0. The van der Waals surface area contributed by atoms with Crippen molar-refractivity contribution in [2.75, 3.05) is 20.3 Å². The van der Waals surface area contributed by atoms with Gasteiger partial charge in [-0.15, -0.1) is 0 Å². The molecule has 0 saturated heterocycles. The van der Waals surface area contributed by atoms with Crippen LogP contribution in [0, 0.1) is 0 Å². The minimum Gasteiger partial charge on any atom is -0.385 e. The number of methoxy groups -OCH3 is 1. The molecule has 0 aliphatic carbocycles. The lowest BCUT2D eigenvalue weighted by molar-refractivity contribution is 0.0931. The first-order valence-electron chi connectivity index (χ1n) is 8.75. The van der Waals surface area contributed by atoms with Crippen molar-refractivity contribution in [2.24, 2.45) is 0 Å². The molecule has 2 rings (SSSR count). The van der Waals surface area contributed by atoms with Crippen LogP contribution in [0.25, 0.3) is 0 Å². The molecule has 0 aromatic carbocycles. The van der Waals surface area contributed by atoms with Gasteiger partial charge in [0.25, 0.3) is 11.8 Å². The summed E-state index contributed by atoms with van der Waals surface area (Å²) in [6, 6.07) is 0.0877. The number of carbonyl (C=O) groups excluding carboxylic acids is 2.